The minimum atomic E-state index is -0.855. The van der Waals surface area contributed by atoms with Gasteiger partial charge in [-0.05, 0) is 69.8 Å². The van der Waals surface area contributed by atoms with Crippen LogP contribution in [0, 0.1) is 0 Å². The van der Waals surface area contributed by atoms with Crippen LogP contribution >= 0.6 is 56.7 Å². The van der Waals surface area contributed by atoms with Crippen molar-refractivity contribution in [1.82, 2.24) is 0 Å². The van der Waals surface area contributed by atoms with Crippen LogP contribution in [0.25, 0.3) is 39.0 Å². The van der Waals surface area contributed by atoms with E-state index in [1.54, 1.807) is 56.7 Å². The van der Waals surface area contributed by atoms with Gasteiger partial charge in [0.2, 0.25) is 0 Å². The van der Waals surface area contributed by atoms with Crippen molar-refractivity contribution in [2.24, 2.45) is 0 Å². The zero-order valence-corrected chi connectivity index (χ0v) is 23.5. The highest BCUT2D eigenvalue weighted by atomic mass is 32.1. The molecule has 0 unspecified atom stereocenters. The van der Waals surface area contributed by atoms with Gasteiger partial charge in [-0.25, -0.2) is 0 Å². The average molecular weight is 571 g/mol. The van der Waals surface area contributed by atoms with Gasteiger partial charge in [0.1, 0.15) is 0 Å². The van der Waals surface area contributed by atoms with Gasteiger partial charge in [-0.2, -0.15) is 0 Å². The van der Waals surface area contributed by atoms with Crippen LogP contribution in [0.5, 0.6) is 0 Å². The van der Waals surface area contributed by atoms with Crippen molar-refractivity contribution in [1.29, 1.82) is 0 Å². The second-order valence-corrected chi connectivity index (χ2v) is 13.6. The Bertz CT molecular complexity index is 1530. The van der Waals surface area contributed by atoms with E-state index in [9.17, 15) is 19.8 Å². The van der Waals surface area contributed by atoms with Gasteiger partial charge in [-0.3, -0.25) is 9.59 Å². The third kappa shape index (κ3) is 5.12. The predicted molar refractivity (Wildman–Crippen MR) is 154 cm³/mol. The lowest BCUT2D eigenvalue weighted by Gasteiger charge is -2.04. The Morgan fingerprint density at radius 2 is 1.31 bits per heavy atom. The van der Waals surface area contributed by atoms with Gasteiger partial charge >= 0.3 is 11.9 Å². The molecule has 0 aliphatic rings. The summed E-state index contributed by atoms with van der Waals surface area (Å²) in [5.41, 5.74) is 2.90. The number of carboxylic acids is 2. The maximum atomic E-state index is 11.7. The lowest BCUT2D eigenvalue weighted by molar-refractivity contribution is -0.137. The van der Waals surface area contributed by atoms with Gasteiger partial charge in [0, 0.05) is 39.0 Å². The molecule has 0 saturated carbocycles. The third-order valence-corrected chi connectivity index (χ3v) is 11.6. The maximum absolute atomic E-state index is 11.7. The van der Waals surface area contributed by atoms with E-state index in [1.165, 1.54) is 10.4 Å². The van der Waals surface area contributed by atoms with E-state index in [1.807, 2.05) is 41.8 Å². The number of hydrogen-bond acceptors (Lipinski definition) is 7. The van der Waals surface area contributed by atoms with Crippen LogP contribution in [-0.4, -0.2) is 22.2 Å². The lowest BCUT2D eigenvalue weighted by Crippen LogP contribution is -1.99. The van der Waals surface area contributed by atoms with Gasteiger partial charge in [0.15, 0.2) is 0 Å². The molecule has 5 rings (SSSR count). The Kier molecular flexibility index (Phi) is 7.28. The van der Waals surface area contributed by atoms with Gasteiger partial charge in [-0.15, -0.1) is 56.7 Å². The van der Waals surface area contributed by atoms with E-state index in [0.29, 0.717) is 5.92 Å². The highest BCUT2D eigenvalue weighted by Crippen LogP contribution is 2.48. The molecular weight excluding hydrogens is 549 g/mol. The smallest absolute Gasteiger partial charge is 0.307 e. The third-order valence-electron chi connectivity index (χ3n) is 5.66. The highest BCUT2D eigenvalue weighted by Gasteiger charge is 2.21. The normalized spacial score (nSPS) is 11.4. The Labute approximate surface area is 228 Å². The molecule has 0 amide bonds. The summed E-state index contributed by atoms with van der Waals surface area (Å²) in [7, 11) is 0. The molecule has 2 N–H and O–H groups in total. The van der Waals surface area contributed by atoms with Gasteiger partial charge in [0.05, 0.1) is 12.8 Å². The second-order valence-electron chi connectivity index (χ2n) is 8.57. The molecule has 0 saturated heterocycles. The van der Waals surface area contributed by atoms with Crippen LogP contribution in [0.1, 0.15) is 36.5 Å². The summed E-state index contributed by atoms with van der Waals surface area (Å²) >= 11 is 8.18. The van der Waals surface area contributed by atoms with Crippen LogP contribution < -0.4 is 0 Å². The predicted octanol–water partition coefficient (Wildman–Crippen LogP) is 9.04. The molecule has 0 fully saturated rings. The summed E-state index contributed by atoms with van der Waals surface area (Å²) in [4.78, 5) is 31.7. The van der Waals surface area contributed by atoms with Crippen LogP contribution in [0.3, 0.4) is 0 Å². The minimum Gasteiger partial charge on any atom is -0.481 e. The number of carboxylic acid groups (broad SMARTS) is 2. The topological polar surface area (TPSA) is 74.6 Å². The first-order chi connectivity index (χ1) is 17.3. The first-order valence-corrected chi connectivity index (χ1v) is 15.4. The molecule has 36 heavy (non-hydrogen) atoms. The average Bonchev–Trinajstić information content (AvgIpc) is 3.62. The zero-order valence-electron chi connectivity index (χ0n) is 19.4. The van der Waals surface area contributed by atoms with E-state index < -0.39 is 11.9 Å². The molecule has 4 nitrogen and oxygen atoms in total. The van der Waals surface area contributed by atoms with Crippen molar-refractivity contribution in [3.8, 4) is 39.0 Å². The molecule has 9 heteroatoms. The molecule has 0 spiro atoms. The number of hydrogen-bond donors (Lipinski definition) is 2. The van der Waals surface area contributed by atoms with Crippen LogP contribution in [-0.2, 0) is 22.4 Å². The molecule has 0 aliphatic heterocycles. The SMILES string of the molecule is CC(C)c1ccsc1-c1cc(CC(=O)O)c(-c2ccc(-c3sc(-c4cccs4)cc3CC(=O)O)s2)s1. The fourth-order valence-corrected chi connectivity index (χ4v) is 9.75. The summed E-state index contributed by atoms with van der Waals surface area (Å²) in [5, 5.41) is 23.2. The molecule has 5 aromatic heterocycles. The molecule has 5 aromatic rings. The van der Waals surface area contributed by atoms with Gasteiger partial charge < -0.3 is 10.2 Å². The Balaban J connectivity index is 1.57. The van der Waals surface area contributed by atoms with E-state index in [4.69, 9.17) is 0 Å². The Morgan fingerprint density at radius 1 is 0.694 bits per heavy atom. The number of carbonyl (C=O) groups is 2. The van der Waals surface area contributed by atoms with E-state index >= 15 is 0 Å². The first kappa shape index (κ1) is 25.1. The van der Waals surface area contributed by atoms with Crippen molar-refractivity contribution in [3.63, 3.8) is 0 Å². The van der Waals surface area contributed by atoms with E-state index in [0.717, 1.165) is 45.3 Å². The van der Waals surface area contributed by atoms with E-state index in [2.05, 4.69) is 25.3 Å². The first-order valence-electron chi connectivity index (χ1n) is 11.2. The minimum absolute atomic E-state index is 0.0335. The summed E-state index contributed by atoms with van der Waals surface area (Å²) in [6.07, 6.45) is -0.0680. The molecule has 0 radical (unpaired) electrons. The molecule has 0 atom stereocenters. The van der Waals surface area contributed by atoms with Crippen LogP contribution in [0.4, 0.5) is 0 Å². The molecule has 0 aromatic carbocycles. The lowest BCUT2D eigenvalue weighted by atomic mass is 10.0. The Hall–Kier alpha value is -2.56. The monoisotopic (exact) mass is 570 g/mol. The molecular formula is C27H22O4S5. The standard InChI is InChI=1S/C27H22O4S5/c1-14(2)17-7-9-33-27(17)22-11-16(13-24(30)31)26(36-22)20-6-5-19(34-20)25-15(12-23(28)29)10-21(35-25)18-4-3-8-32-18/h3-11,14H,12-13H2,1-2H3,(H,28,29)(H,30,31). The largest absolute Gasteiger partial charge is 0.481 e. The van der Waals surface area contributed by atoms with Gasteiger partial charge in [-0.1, -0.05) is 19.9 Å². The quantitative estimate of drug-likeness (QED) is 0.185. The van der Waals surface area contributed by atoms with Crippen LogP contribution in [0.2, 0.25) is 0 Å². The summed E-state index contributed by atoms with van der Waals surface area (Å²) in [5.74, 6) is -1.32. The maximum Gasteiger partial charge on any atom is 0.307 e. The molecule has 184 valence electrons. The molecule has 5 heterocycles. The van der Waals surface area contributed by atoms with Gasteiger partial charge in [0.25, 0.3) is 0 Å². The number of aliphatic carboxylic acids is 2. The number of rotatable bonds is 9. The summed E-state index contributed by atoms with van der Waals surface area (Å²) < 4.78 is 0. The van der Waals surface area contributed by atoms with Crippen molar-refractivity contribution < 1.29 is 19.8 Å². The van der Waals surface area contributed by atoms with Crippen molar-refractivity contribution in [2.45, 2.75) is 32.6 Å². The second kappa shape index (κ2) is 10.4. The van der Waals surface area contributed by atoms with Crippen molar-refractivity contribution in [2.75, 3.05) is 0 Å². The zero-order chi connectivity index (χ0) is 25.4. The van der Waals surface area contributed by atoms with Crippen molar-refractivity contribution >= 4 is 68.6 Å². The fourth-order valence-electron chi connectivity index (χ4n) is 4.07. The van der Waals surface area contributed by atoms with E-state index in [-0.39, 0.29) is 12.8 Å². The molecule has 0 bridgehead atoms. The summed E-state index contributed by atoms with van der Waals surface area (Å²) in [6.45, 7) is 4.34. The number of thiophene rings is 5. The van der Waals surface area contributed by atoms with Crippen LogP contribution in [0.15, 0.2) is 53.2 Å². The van der Waals surface area contributed by atoms with Crippen molar-refractivity contribution in [3.05, 3.63) is 69.9 Å². The fraction of sp³-hybridized carbons (Fsp3) is 0.185. The summed E-state index contributed by atoms with van der Waals surface area (Å²) in [6, 6.07) is 14.3. The molecule has 0 aliphatic carbocycles. The highest BCUT2D eigenvalue weighted by molar-refractivity contribution is 7.29. The Morgan fingerprint density at radius 3 is 1.86 bits per heavy atom.